The van der Waals surface area contributed by atoms with Gasteiger partial charge < -0.3 is 5.32 Å². The van der Waals surface area contributed by atoms with Gasteiger partial charge in [-0.05, 0) is 55.5 Å². The van der Waals surface area contributed by atoms with Gasteiger partial charge in [0, 0.05) is 0 Å². The third-order valence-corrected chi connectivity index (χ3v) is 3.42. The smallest absolute Gasteiger partial charge is 0.123 e. The van der Waals surface area contributed by atoms with Crippen molar-refractivity contribution in [3.63, 3.8) is 0 Å². The van der Waals surface area contributed by atoms with Crippen LogP contribution in [0.15, 0.2) is 24.3 Å². The Balaban J connectivity index is 2.08. The molecule has 1 aromatic carbocycles. The molecule has 0 aromatic heterocycles. The van der Waals surface area contributed by atoms with Gasteiger partial charge in [0.1, 0.15) is 5.82 Å². The molecule has 1 heterocycles. The molecule has 2 atom stereocenters. The van der Waals surface area contributed by atoms with Crippen LogP contribution in [-0.4, -0.2) is 13.1 Å². The number of benzene rings is 1. The van der Waals surface area contributed by atoms with Gasteiger partial charge in [0.05, 0.1) is 0 Å². The van der Waals surface area contributed by atoms with E-state index >= 15 is 0 Å². The summed E-state index contributed by atoms with van der Waals surface area (Å²) in [6.07, 6.45) is 2.50. The highest BCUT2D eigenvalue weighted by Crippen LogP contribution is 2.29. The molecule has 1 fully saturated rings. The summed E-state index contributed by atoms with van der Waals surface area (Å²) in [6, 6.07) is 7.01. The Morgan fingerprint density at radius 1 is 1.47 bits per heavy atom. The molecule has 1 nitrogen and oxygen atoms in total. The van der Waals surface area contributed by atoms with Crippen LogP contribution in [0.1, 0.15) is 31.2 Å². The van der Waals surface area contributed by atoms with Crippen molar-refractivity contribution in [2.24, 2.45) is 5.92 Å². The van der Waals surface area contributed by atoms with Gasteiger partial charge in [-0.2, -0.15) is 0 Å². The summed E-state index contributed by atoms with van der Waals surface area (Å²) in [7, 11) is 0. The largest absolute Gasteiger partial charge is 0.316 e. The zero-order valence-electron chi connectivity index (χ0n) is 9.17. The molecule has 1 aliphatic rings. The van der Waals surface area contributed by atoms with Crippen LogP contribution >= 0.6 is 0 Å². The van der Waals surface area contributed by atoms with Crippen LogP contribution in [0, 0.1) is 11.7 Å². The van der Waals surface area contributed by atoms with Crippen molar-refractivity contribution in [2.75, 3.05) is 13.1 Å². The van der Waals surface area contributed by atoms with Crippen molar-refractivity contribution < 1.29 is 4.39 Å². The Kier molecular flexibility index (Phi) is 3.37. The first-order valence-electron chi connectivity index (χ1n) is 5.73. The van der Waals surface area contributed by atoms with Crippen LogP contribution in [0.3, 0.4) is 0 Å². The van der Waals surface area contributed by atoms with E-state index in [1.807, 2.05) is 6.07 Å². The number of hydrogen-bond acceptors (Lipinski definition) is 1. The monoisotopic (exact) mass is 207 g/mol. The maximum Gasteiger partial charge on any atom is 0.123 e. The van der Waals surface area contributed by atoms with Crippen molar-refractivity contribution in [1.29, 1.82) is 0 Å². The van der Waals surface area contributed by atoms with Gasteiger partial charge in [-0.15, -0.1) is 0 Å². The van der Waals surface area contributed by atoms with E-state index in [0.29, 0.717) is 11.8 Å². The Hall–Kier alpha value is -0.890. The molecule has 0 aliphatic carbocycles. The Labute approximate surface area is 90.7 Å². The standard InChI is InChI=1S/C13H18FN/c1-10(12-5-3-7-15-9-12)11-4-2-6-13(14)8-11/h2,4,6,8,10,12,15H,3,5,7,9H2,1H3. The number of rotatable bonds is 2. The van der Waals surface area contributed by atoms with Crippen LogP contribution in [0.25, 0.3) is 0 Å². The zero-order chi connectivity index (χ0) is 10.7. The van der Waals surface area contributed by atoms with Gasteiger partial charge in [-0.3, -0.25) is 0 Å². The molecule has 2 heteroatoms. The lowest BCUT2D eigenvalue weighted by Gasteiger charge is -2.28. The molecule has 0 bridgehead atoms. The fraction of sp³-hybridized carbons (Fsp3) is 0.538. The van der Waals surface area contributed by atoms with E-state index in [4.69, 9.17) is 0 Å². The van der Waals surface area contributed by atoms with Crippen molar-refractivity contribution in [2.45, 2.75) is 25.7 Å². The summed E-state index contributed by atoms with van der Waals surface area (Å²) in [5.74, 6) is 0.983. The van der Waals surface area contributed by atoms with Crippen molar-refractivity contribution in [1.82, 2.24) is 5.32 Å². The molecule has 1 saturated heterocycles. The minimum atomic E-state index is -0.122. The molecule has 2 rings (SSSR count). The topological polar surface area (TPSA) is 12.0 Å². The zero-order valence-corrected chi connectivity index (χ0v) is 9.17. The third-order valence-electron chi connectivity index (χ3n) is 3.42. The van der Waals surface area contributed by atoms with E-state index in [9.17, 15) is 4.39 Å². The van der Waals surface area contributed by atoms with E-state index in [-0.39, 0.29) is 5.82 Å². The van der Waals surface area contributed by atoms with E-state index in [1.165, 1.54) is 18.9 Å². The molecule has 1 N–H and O–H groups in total. The van der Waals surface area contributed by atoms with Gasteiger partial charge in [0.25, 0.3) is 0 Å². The maximum absolute atomic E-state index is 13.1. The molecule has 0 radical (unpaired) electrons. The fourth-order valence-corrected chi connectivity index (χ4v) is 2.37. The molecule has 1 aromatic rings. The number of nitrogens with one attached hydrogen (secondary N) is 1. The highest BCUT2D eigenvalue weighted by molar-refractivity contribution is 5.21. The first-order chi connectivity index (χ1) is 7.27. The first kappa shape index (κ1) is 10.6. The summed E-state index contributed by atoms with van der Waals surface area (Å²) in [5, 5.41) is 3.41. The lowest BCUT2D eigenvalue weighted by Crippen LogP contribution is -2.32. The molecular formula is C13H18FN. The quantitative estimate of drug-likeness (QED) is 0.786. The van der Waals surface area contributed by atoms with Gasteiger partial charge in [-0.25, -0.2) is 4.39 Å². The van der Waals surface area contributed by atoms with Crippen LogP contribution in [0.4, 0.5) is 4.39 Å². The molecule has 0 saturated carbocycles. The van der Waals surface area contributed by atoms with E-state index in [2.05, 4.69) is 12.2 Å². The molecule has 1 aliphatic heterocycles. The van der Waals surface area contributed by atoms with Crippen LogP contribution < -0.4 is 5.32 Å². The molecule has 2 unspecified atom stereocenters. The molecule has 82 valence electrons. The number of hydrogen-bond donors (Lipinski definition) is 1. The van der Waals surface area contributed by atoms with Crippen LogP contribution in [0.5, 0.6) is 0 Å². The van der Waals surface area contributed by atoms with E-state index in [1.54, 1.807) is 12.1 Å². The summed E-state index contributed by atoms with van der Waals surface area (Å²) in [6.45, 7) is 4.40. The Bertz CT molecular complexity index is 318. The third kappa shape index (κ3) is 2.57. The fourth-order valence-electron chi connectivity index (χ4n) is 2.37. The average Bonchev–Trinajstić information content (AvgIpc) is 2.29. The highest BCUT2D eigenvalue weighted by Gasteiger charge is 2.21. The Morgan fingerprint density at radius 3 is 3.00 bits per heavy atom. The SMILES string of the molecule is CC(c1cccc(F)c1)C1CCCNC1. The second-order valence-electron chi connectivity index (χ2n) is 4.45. The second-order valence-corrected chi connectivity index (χ2v) is 4.45. The molecule has 0 spiro atoms. The average molecular weight is 207 g/mol. The summed E-state index contributed by atoms with van der Waals surface area (Å²) in [5.41, 5.74) is 1.13. The van der Waals surface area contributed by atoms with Crippen LogP contribution in [-0.2, 0) is 0 Å². The lowest BCUT2D eigenvalue weighted by molar-refractivity contribution is 0.334. The summed E-state index contributed by atoms with van der Waals surface area (Å²) < 4.78 is 13.1. The van der Waals surface area contributed by atoms with Gasteiger partial charge >= 0.3 is 0 Å². The predicted octanol–water partition coefficient (Wildman–Crippen LogP) is 2.93. The molecule has 15 heavy (non-hydrogen) atoms. The number of piperidine rings is 1. The first-order valence-corrected chi connectivity index (χ1v) is 5.73. The minimum absolute atomic E-state index is 0.122. The van der Waals surface area contributed by atoms with E-state index < -0.39 is 0 Å². The van der Waals surface area contributed by atoms with E-state index in [0.717, 1.165) is 18.7 Å². The summed E-state index contributed by atoms with van der Waals surface area (Å²) >= 11 is 0. The van der Waals surface area contributed by atoms with Gasteiger partial charge in [0.15, 0.2) is 0 Å². The van der Waals surface area contributed by atoms with Gasteiger partial charge in [-0.1, -0.05) is 19.1 Å². The van der Waals surface area contributed by atoms with Crippen LogP contribution in [0.2, 0.25) is 0 Å². The lowest BCUT2D eigenvalue weighted by atomic mass is 9.83. The van der Waals surface area contributed by atoms with Crippen molar-refractivity contribution in [3.05, 3.63) is 35.6 Å². The molecule has 0 amide bonds. The molecular weight excluding hydrogens is 189 g/mol. The normalized spacial score (nSPS) is 23.7. The minimum Gasteiger partial charge on any atom is -0.316 e. The Morgan fingerprint density at radius 2 is 2.33 bits per heavy atom. The van der Waals surface area contributed by atoms with Gasteiger partial charge in [0.2, 0.25) is 0 Å². The highest BCUT2D eigenvalue weighted by atomic mass is 19.1. The van der Waals surface area contributed by atoms with Crippen molar-refractivity contribution in [3.8, 4) is 0 Å². The van der Waals surface area contributed by atoms with Crippen molar-refractivity contribution >= 4 is 0 Å². The predicted molar refractivity (Wildman–Crippen MR) is 60.4 cm³/mol. The number of halogens is 1. The summed E-state index contributed by atoms with van der Waals surface area (Å²) in [4.78, 5) is 0. The maximum atomic E-state index is 13.1. The second kappa shape index (κ2) is 4.75.